The molecule has 2 heterocycles. The lowest BCUT2D eigenvalue weighted by Gasteiger charge is -2.36. The van der Waals surface area contributed by atoms with Gasteiger partial charge in [-0.15, -0.1) is 0 Å². The third-order valence-corrected chi connectivity index (χ3v) is 5.35. The first-order chi connectivity index (χ1) is 14.0. The molecule has 0 radical (unpaired) electrons. The van der Waals surface area contributed by atoms with Crippen LogP contribution in [-0.4, -0.2) is 66.4 Å². The van der Waals surface area contributed by atoms with Crippen LogP contribution in [0.2, 0.25) is 0 Å². The van der Waals surface area contributed by atoms with Gasteiger partial charge in [-0.25, -0.2) is 0 Å². The Morgan fingerprint density at radius 3 is 2.55 bits per heavy atom. The molecule has 0 spiro atoms. The van der Waals surface area contributed by atoms with Gasteiger partial charge in [0.1, 0.15) is 5.69 Å². The Kier molecular flexibility index (Phi) is 6.86. The van der Waals surface area contributed by atoms with Crippen LogP contribution in [0, 0.1) is 6.92 Å². The van der Waals surface area contributed by atoms with Gasteiger partial charge in [0.15, 0.2) is 0 Å². The van der Waals surface area contributed by atoms with E-state index in [2.05, 4.69) is 48.0 Å². The van der Waals surface area contributed by atoms with Crippen LogP contribution in [0.3, 0.4) is 0 Å². The van der Waals surface area contributed by atoms with Crippen molar-refractivity contribution in [2.75, 3.05) is 44.7 Å². The van der Waals surface area contributed by atoms with Crippen LogP contribution in [0.25, 0.3) is 0 Å². The van der Waals surface area contributed by atoms with E-state index in [0.717, 1.165) is 25.9 Å². The molecule has 0 aliphatic carbocycles. The fraction of sp³-hybridized carbons (Fsp3) is 0.435. The summed E-state index contributed by atoms with van der Waals surface area (Å²) in [6.07, 6.45) is 3.55. The zero-order chi connectivity index (χ0) is 20.8. The number of benzene rings is 1. The van der Waals surface area contributed by atoms with Crippen LogP contribution in [0.15, 0.2) is 42.6 Å². The van der Waals surface area contributed by atoms with E-state index in [1.54, 1.807) is 30.3 Å². The fourth-order valence-electron chi connectivity index (χ4n) is 3.55. The molecule has 6 heteroatoms. The summed E-state index contributed by atoms with van der Waals surface area (Å²) in [5, 5.41) is 0. The van der Waals surface area contributed by atoms with Crippen molar-refractivity contribution >= 4 is 17.5 Å². The molecule has 0 unspecified atom stereocenters. The zero-order valence-electron chi connectivity index (χ0n) is 17.6. The predicted molar refractivity (Wildman–Crippen MR) is 115 cm³/mol. The minimum atomic E-state index is -0.111. The highest BCUT2D eigenvalue weighted by Gasteiger charge is 2.24. The molecule has 3 rings (SSSR count). The highest BCUT2D eigenvalue weighted by molar-refractivity contribution is 5.98. The number of aryl methyl sites for hydroxylation is 1. The number of amides is 2. The van der Waals surface area contributed by atoms with Crippen molar-refractivity contribution in [3.8, 4) is 0 Å². The Balaban J connectivity index is 1.63. The van der Waals surface area contributed by atoms with E-state index < -0.39 is 0 Å². The minimum absolute atomic E-state index is 0.0702. The second-order valence-electron chi connectivity index (χ2n) is 7.63. The second-order valence-corrected chi connectivity index (χ2v) is 7.63. The molecule has 2 aromatic rings. The average Bonchev–Trinajstić information content (AvgIpc) is 2.76. The van der Waals surface area contributed by atoms with Gasteiger partial charge in [0.05, 0.1) is 0 Å². The monoisotopic (exact) mass is 394 g/mol. The molecule has 1 aliphatic heterocycles. The van der Waals surface area contributed by atoms with Crippen molar-refractivity contribution in [2.45, 2.75) is 26.7 Å². The average molecular weight is 395 g/mol. The number of unbranched alkanes of at least 4 members (excludes halogenated alkanes) is 1. The van der Waals surface area contributed by atoms with Crippen LogP contribution in [0.1, 0.15) is 46.2 Å². The highest BCUT2D eigenvalue weighted by Crippen LogP contribution is 2.18. The minimum Gasteiger partial charge on any atom is -0.368 e. The van der Waals surface area contributed by atoms with E-state index in [4.69, 9.17) is 0 Å². The Bertz CT molecular complexity index is 859. The van der Waals surface area contributed by atoms with Gasteiger partial charge >= 0.3 is 0 Å². The molecule has 6 nitrogen and oxygen atoms in total. The quantitative estimate of drug-likeness (QED) is 0.755. The molecular formula is C23H30N4O2. The molecule has 1 aliphatic rings. The zero-order valence-corrected chi connectivity index (χ0v) is 17.6. The summed E-state index contributed by atoms with van der Waals surface area (Å²) < 4.78 is 0. The molecule has 1 saturated heterocycles. The van der Waals surface area contributed by atoms with Crippen molar-refractivity contribution in [2.24, 2.45) is 0 Å². The second kappa shape index (κ2) is 9.54. The number of nitrogens with zero attached hydrogens (tertiary/aromatic N) is 4. The summed E-state index contributed by atoms with van der Waals surface area (Å²) >= 11 is 0. The van der Waals surface area contributed by atoms with Gasteiger partial charge in [0, 0.05) is 57.2 Å². The Morgan fingerprint density at radius 2 is 1.86 bits per heavy atom. The van der Waals surface area contributed by atoms with Crippen LogP contribution in [-0.2, 0) is 0 Å². The van der Waals surface area contributed by atoms with Crippen LogP contribution < -0.4 is 4.90 Å². The molecule has 0 bridgehead atoms. The molecule has 2 amide bonds. The van der Waals surface area contributed by atoms with E-state index >= 15 is 0 Å². The van der Waals surface area contributed by atoms with Gasteiger partial charge in [-0.1, -0.05) is 25.5 Å². The molecule has 1 fully saturated rings. The van der Waals surface area contributed by atoms with Crippen LogP contribution >= 0.6 is 0 Å². The lowest BCUT2D eigenvalue weighted by Crippen LogP contribution is -2.49. The van der Waals surface area contributed by atoms with Crippen molar-refractivity contribution in [3.63, 3.8) is 0 Å². The van der Waals surface area contributed by atoms with Crippen LogP contribution in [0.5, 0.6) is 0 Å². The maximum atomic E-state index is 12.9. The van der Waals surface area contributed by atoms with E-state index in [9.17, 15) is 9.59 Å². The van der Waals surface area contributed by atoms with E-state index in [1.165, 1.54) is 11.3 Å². The van der Waals surface area contributed by atoms with Crippen molar-refractivity contribution in [3.05, 3.63) is 59.4 Å². The number of hydrogen-bond acceptors (Lipinski definition) is 4. The summed E-state index contributed by atoms with van der Waals surface area (Å²) in [7, 11) is 1.80. The first-order valence-corrected chi connectivity index (χ1v) is 10.3. The van der Waals surface area contributed by atoms with Crippen molar-refractivity contribution < 1.29 is 9.59 Å². The van der Waals surface area contributed by atoms with E-state index in [0.29, 0.717) is 30.9 Å². The van der Waals surface area contributed by atoms with Gasteiger partial charge in [-0.2, -0.15) is 0 Å². The number of pyridine rings is 1. The number of carbonyl (C=O) groups is 2. The summed E-state index contributed by atoms with van der Waals surface area (Å²) in [5.74, 6) is -0.182. The third kappa shape index (κ3) is 5.13. The summed E-state index contributed by atoms with van der Waals surface area (Å²) in [4.78, 5) is 35.6. The number of carbonyl (C=O) groups excluding carboxylic acids is 2. The lowest BCUT2D eigenvalue weighted by molar-refractivity contribution is 0.0740. The number of rotatable bonds is 6. The van der Waals surface area contributed by atoms with Gasteiger partial charge in [0.25, 0.3) is 11.8 Å². The van der Waals surface area contributed by atoms with Crippen molar-refractivity contribution in [1.82, 2.24) is 14.8 Å². The standard InChI is InChI=1S/C23H30N4O2/c1-4-5-11-25(3)22(28)19-9-10-24-21(17-19)23(29)27-14-12-26(13-15-27)20-8-6-7-18(2)16-20/h6-10,16-17H,4-5,11-15H2,1-3H3. The molecule has 0 atom stereocenters. The van der Waals surface area contributed by atoms with Crippen LogP contribution in [0.4, 0.5) is 5.69 Å². The Labute approximate surface area is 173 Å². The van der Waals surface area contributed by atoms with Gasteiger partial charge in [-0.05, 0) is 43.2 Å². The van der Waals surface area contributed by atoms with Crippen molar-refractivity contribution in [1.29, 1.82) is 0 Å². The maximum absolute atomic E-state index is 12.9. The Hall–Kier alpha value is -2.89. The molecule has 1 aromatic heterocycles. The SMILES string of the molecule is CCCCN(C)C(=O)c1ccnc(C(=O)N2CCN(c3cccc(C)c3)CC2)c1. The summed E-state index contributed by atoms with van der Waals surface area (Å²) in [6, 6.07) is 11.7. The lowest BCUT2D eigenvalue weighted by atomic mass is 10.1. The number of piperazine rings is 1. The highest BCUT2D eigenvalue weighted by atomic mass is 16.2. The fourth-order valence-corrected chi connectivity index (χ4v) is 3.55. The first-order valence-electron chi connectivity index (χ1n) is 10.3. The predicted octanol–water partition coefficient (Wildman–Crippen LogP) is 3.22. The third-order valence-electron chi connectivity index (χ3n) is 5.35. The number of anilines is 1. The Morgan fingerprint density at radius 1 is 1.10 bits per heavy atom. The molecular weight excluding hydrogens is 364 g/mol. The number of aromatic nitrogens is 1. The summed E-state index contributed by atoms with van der Waals surface area (Å²) in [5.41, 5.74) is 3.28. The smallest absolute Gasteiger partial charge is 0.272 e. The molecule has 29 heavy (non-hydrogen) atoms. The maximum Gasteiger partial charge on any atom is 0.272 e. The normalized spacial score (nSPS) is 14.0. The van der Waals surface area contributed by atoms with Gasteiger partial charge < -0.3 is 14.7 Å². The molecule has 0 N–H and O–H groups in total. The first kappa shape index (κ1) is 20.8. The summed E-state index contributed by atoms with van der Waals surface area (Å²) in [6.45, 7) is 7.75. The van der Waals surface area contributed by atoms with Gasteiger partial charge in [0.2, 0.25) is 0 Å². The largest absolute Gasteiger partial charge is 0.368 e. The molecule has 154 valence electrons. The molecule has 1 aromatic carbocycles. The molecule has 0 saturated carbocycles. The van der Waals surface area contributed by atoms with E-state index in [1.807, 2.05) is 4.90 Å². The number of hydrogen-bond donors (Lipinski definition) is 0. The van der Waals surface area contributed by atoms with E-state index in [-0.39, 0.29) is 11.8 Å². The topological polar surface area (TPSA) is 56.8 Å². The van der Waals surface area contributed by atoms with Gasteiger partial charge in [-0.3, -0.25) is 14.6 Å².